The molecule has 6 heteroatoms. The molecular formula is C43H29N5S. The average Bonchev–Trinajstić information content (AvgIpc) is 3.83. The first-order valence-electron chi connectivity index (χ1n) is 17.9. The van der Waals surface area contributed by atoms with E-state index < -0.39 is 6.98 Å². The second-order valence-electron chi connectivity index (χ2n) is 12.7. The smallest absolute Gasteiger partial charge is 0.145 e. The van der Waals surface area contributed by atoms with E-state index >= 15 is 0 Å². The molecule has 49 heavy (non-hydrogen) atoms. The zero-order chi connectivity index (χ0) is 34.7. The maximum Gasteiger partial charge on any atom is 0.145 e. The van der Waals surface area contributed by atoms with Crippen molar-refractivity contribution in [2.24, 2.45) is 0 Å². The number of benzene rings is 6. The Morgan fingerprint density at radius 1 is 0.551 bits per heavy atom. The van der Waals surface area contributed by atoms with Crippen LogP contribution in [0.3, 0.4) is 0 Å². The number of aromatic nitrogens is 3. The zero-order valence-corrected chi connectivity index (χ0v) is 27.0. The first-order valence-corrected chi connectivity index (χ1v) is 17.2. The van der Waals surface area contributed by atoms with Gasteiger partial charge in [-0.3, -0.25) is 4.40 Å². The second-order valence-corrected chi connectivity index (χ2v) is 13.8. The van der Waals surface area contributed by atoms with Crippen LogP contribution in [0, 0.1) is 0 Å². The van der Waals surface area contributed by atoms with Gasteiger partial charge in [-0.2, -0.15) is 0 Å². The van der Waals surface area contributed by atoms with Crippen molar-refractivity contribution in [2.75, 3.05) is 23.4 Å². The summed E-state index contributed by atoms with van der Waals surface area (Å²) >= 11 is 1.70. The molecular weight excluding hydrogens is 619 g/mol. The van der Waals surface area contributed by atoms with Crippen LogP contribution in [-0.4, -0.2) is 27.4 Å². The molecule has 0 N–H and O–H groups in total. The van der Waals surface area contributed by atoms with Crippen LogP contribution in [0.15, 0.2) is 156 Å². The summed E-state index contributed by atoms with van der Waals surface area (Å²) in [5.74, 6) is 0. The molecule has 0 radical (unpaired) electrons. The van der Waals surface area contributed by atoms with Crippen LogP contribution in [0.4, 0.5) is 17.1 Å². The molecule has 0 bridgehead atoms. The van der Waals surface area contributed by atoms with E-state index in [0.29, 0.717) is 0 Å². The molecule has 1 aliphatic rings. The zero-order valence-electron chi connectivity index (χ0n) is 29.2. The average molecular weight is 651 g/mol. The van der Waals surface area contributed by atoms with E-state index in [4.69, 9.17) is 9.10 Å². The van der Waals surface area contributed by atoms with Crippen LogP contribution < -0.4 is 9.80 Å². The summed E-state index contributed by atoms with van der Waals surface area (Å²) in [5.41, 5.74) is 9.20. The lowest BCUT2D eigenvalue weighted by Crippen LogP contribution is -2.23. The molecule has 5 heterocycles. The van der Waals surface area contributed by atoms with Crippen LogP contribution in [0.2, 0.25) is 0 Å². The molecule has 6 aromatic carbocycles. The summed E-state index contributed by atoms with van der Waals surface area (Å²) in [4.78, 5) is 10.8. The van der Waals surface area contributed by atoms with Crippen molar-refractivity contribution in [1.29, 1.82) is 0 Å². The number of anilines is 3. The summed E-state index contributed by atoms with van der Waals surface area (Å²) in [6.07, 6.45) is 1.89. The molecule has 232 valence electrons. The lowest BCUT2D eigenvalue weighted by atomic mass is 10.1. The monoisotopic (exact) mass is 650 g/mol. The van der Waals surface area contributed by atoms with Gasteiger partial charge in [0.15, 0.2) is 0 Å². The van der Waals surface area contributed by atoms with Gasteiger partial charge in [0.05, 0.1) is 45.6 Å². The van der Waals surface area contributed by atoms with Crippen LogP contribution in [0.1, 0.15) is 4.11 Å². The number of pyridine rings is 1. The van der Waals surface area contributed by atoms with E-state index in [1.54, 1.807) is 11.8 Å². The number of hydrogen-bond acceptors (Lipinski definition) is 4. The van der Waals surface area contributed by atoms with Gasteiger partial charge in [0.2, 0.25) is 0 Å². The topological polar surface area (TPSA) is 28.2 Å². The minimum Gasteiger partial charge on any atom is -0.355 e. The molecule has 0 fully saturated rings. The van der Waals surface area contributed by atoms with E-state index in [1.807, 2.05) is 48.7 Å². The standard InChI is InChI=1S/C43H29N5S/c1-45-26-46(38-19-5-4-18-37(38)45)27-10-6-11-28(24-27)49-29-21-22-31-33-15-8-20-39-42(33)48(40(31)25-29)43-35(16-9-23-44-43)34-14-7-13-32-30-12-2-3-17-36(30)47(39)41(32)34/h2-25H,26H2,1H3/i1D3. The van der Waals surface area contributed by atoms with Gasteiger partial charge in [-0.25, -0.2) is 4.98 Å². The minimum absolute atomic E-state index is 0.261. The summed E-state index contributed by atoms with van der Waals surface area (Å²) < 4.78 is 29.2. The van der Waals surface area contributed by atoms with Gasteiger partial charge in [-0.15, -0.1) is 0 Å². The van der Waals surface area contributed by atoms with Crippen molar-refractivity contribution in [2.45, 2.75) is 9.79 Å². The van der Waals surface area contributed by atoms with Crippen molar-refractivity contribution < 1.29 is 4.11 Å². The maximum atomic E-state index is 8.14. The molecule has 11 rings (SSSR count). The highest BCUT2D eigenvalue weighted by molar-refractivity contribution is 7.99. The van der Waals surface area contributed by atoms with Crippen molar-refractivity contribution in [3.05, 3.63) is 146 Å². The fourth-order valence-electron chi connectivity index (χ4n) is 8.05. The molecule has 10 aromatic rings. The van der Waals surface area contributed by atoms with E-state index in [-0.39, 0.29) is 6.67 Å². The molecule has 1 aliphatic heterocycles. The Kier molecular flexibility index (Phi) is 4.95. The molecule has 0 atom stereocenters. The molecule has 5 nitrogen and oxygen atoms in total. The van der Waals surface area contributed by atoms with Crippen molar-refractivity contribution in [1.82, 2.24) is 13.8 Å². The summed E-state index contributed by atoms with van der Waals surface area (Å²) in [6, 6.07) is 49.0. The van der Waals surface area contributed by atoms with E-state index in [2.05, 4.69) is 111 Å². The fraction of sp³-hybridized carbons (Fsp3) is 0.0465. The van der Waals surface area contributed by atoms with Gasteiger partial charge in [0.1, 0.15) is 5.65 Å². The highest BCUT2D eigenvalue weighted by atomic mass is 32.2. The molecule has 0 saturated carbocycles. The summed E-state index contributed by atoms with van der Waals surface area (Å²) in [7, 11) is 0. The molecule has 0 aliphatic carbocycles. The number of hydrogen-bond donors (Lipinski definition) is 0. The molecule has 4 aromatic heterocycles. The number of para-hydroxylation sites is 5. The Hall–Kier alpha value is -5.98. The Bertz CT molecular complexity index is 3110. The molecule has 0 saturated heterocycles. The predicted octanol–water partition coefficient (Wildman–Crippen LogP) is 11.0. The largest absolute Gasteiger partial charge is 0.355 e. The maximum absolute atomic E-state index is 8.14. The Balaban J connectivity index is 1.13. The van der Waals surface area contributed by atoms with E-state index in [1.165, 1.54) is 37.5 Å². The van der Waals surface area contributed by atoms with Gasteiger partial charge >= 0.3 is 0 Å². The quantitative estimate of drug-likeness (QED) is 0.190. The third-order valence-corrected chi connectivity index (χ3v) is 11.1. The lowest BCUT2D eigenvalue weighted by molar-refractivity contribution is 0.948. The van der Waals surface area contributed by atoms with Crippen LogP contribution in [0.5, 0.6) is 0 Å². The number of fused-ring (bicyclic) bond motifs is 11. The second kappa shape index (κ2) is 10.0. The Morgan fingerprint density at radius 2 is 1.24 bits per heavy atom. The van der Waals surface area contributed by atoms with E-state index in [9.17, 15) is 0 Å². The van der Waals surface area contributed by atoms with Gasteiger partial charge in [0, 0.05) is 65.1 Å². The third-order valence-electron chi connectivity index (χ3n) is 10.1. The van der Waals surface area contributed by atoms with Crippen molar-refractivity contribution in [3.8, 4) is 0 Å². The van der Waals surface area contributed by atoms with Crippen molar-refractivity contribution in [3.63, 3.8) is 0 Å². The van der Waals surface area contributed by atoms with Gasteiger partial charge in [0.25, 0.3) is 0 Å². The highest BCUT2D eigenvalue weighted by Gasteiger charge is 2.24. The minimum atomic E-state index is -2.23. The molecule has 0 unspecified atom stereocenters. The lowest BCUT2D eigenvalue weighted by Gasteiger charge is -2.20. The molecule has 0 spiro atoms. The predicted molar refractivity (Wildman–Crippen MR) is 206 cm³/mol. The normalized spacial score (nSPS) is 14.5. The SMILES string of the molecule is [2H]C([2H])([2H])N1CN(c2cccc(Sc3ccc4c5cccc6c5n(c4c3)c3ncccc3c3cccc4c5ccccc5n6c43)c2)c2ccccc21. The Labute approximate surface area is 290 Å². The first kappa shape index (κ1) is 24.2. The number of rotatable bonds is 3. The van der Waals surface area contributed by atoms with Crippen LogP contribution >= 0.6 is 11.8 Å². The first-order chi connectivity index (χ1) is 25.4. The Morgan fingerprint density at radius 3 is 2.16 bits per heavy atom. The summed E-state index contributed by atoms with van der Waals surface area (Å²) in [6.45, 7) is -1.97. The van der Waals surface area contributed by atoms with Crippen LogP contribution in [0.25, 0.3) is 65.5 Å². The number of nitrogens with zero attached hydrogens (tertiary/aromatic N) is 5. The third kappa shape index (κ3) is 3.75. The van der Waals surface area contributed by atoms with Gasteiger partial charge in [-0.05, 0) is 66.7 Å². The van der Waals surface area contributed by atoms with E-state index in [0.717, 1.165) is 59.8 Å². The fourth-order valence-corrected chi connectivity index (χ4v) is 8.96. The van der Waals surface area contributed by atoms with Crippen molar-refractivity contribution >= 4 is 94.4 Å². The van der Waals surface area contributed by atoms with Crippen LogP contribution in [-0.2, 0) is 0 Å². The summed E-state index contributed by atoms with van der Waals surface area (Å²) in [5, 5.41) is 7.06. The van der Waals surface area contributed by atoms with Gasteiger partial charge in [-0.1, -0.05) is 84.6 Å². The van der Waals surface area contributed by atoms with Gasteiger partial charge < -0.3 is 14.2 Å². The highest BCUT2D eigenvalue weighted by Crippen LogP contribution is 2.43. The molecule has 0 amide bonds.